The molecule has 0 aliphatic carbocycles. The minimum atomic E-state index is 0.586. The van der Waals surface area contributed by atoms with Crippen molar-refractivity contribution in [3.63, 3.8) is 0 Å². The standard InChI is InChI=1S/C14H15N3S/c1-8-5-11-12(6-9(8)2)17-14(16-11)13-4-3-10(7-15)18-13/h3-6H,7,15H2,1-2H3,(H,16,17). The molecule has 3 N–H and O–H groups in total. The molecule has 0 fully saturated rings. The second-order valence-electron chi connectivity index (χ2n) is 4.51. The van der Waals surface area contributed by atoms with Gasteiger partial charge in [0.25, 0.3) is 0 Å². The number of imidazole rings is 1. The fourth-order valence-electron chi connectivity index (χ4n) is 2.00. The molecule has 0 bridgehead atoms. The first-order valence-corrected chi connectivity index (χ1v) is 6.75. The first-order chi connectivity index (χ1) is 8.67. The molecule has 0 amide bonds. The van der Waals surface area contributed by atoms with Crippen molar-refractivity contribution in [1.82, 2.24) is 9.97 Å². The lowest BCUT2D eigenvalue weighted by Crippen LogP contribution is -1.91. The van der Waals surface area contributed by atoms with Crippen LogP contribution in [0.3, 0.4) is 0 Å². The predicted octanol–water partition coefficient (Wildman–Crippen LogP) is 3.37. The molecule has 92 valence electrons. The SMILES string of the molecule is Cc1cc2nc(-c3ccc(CN)s3)[nH]c2cc1C. The van der Waals surface area contributed by atoms with Crippen LogP contribution < -0.4 is 5.73 Å². The number of benzene rings is 1. The molecule has 0 saturated heterocycles. The molecule has 0 radical (unpaired) electrons. The van der Waals surface area contributed by atoms with Crippen molar-refractivity contribution in [3.05, 3.63) is 40.3 Å². The van der Waals surface area contributed by atoms with Crippen LogP contribution in [-0.2, 0) is 6.54 Å². The van der Waals surface area contributed by atoms with Crippen LogP contribution in [0.15, 0.2) is 24.3 Å². The van der Waals surface area contributed by atoms with Crippen LogP contribution in [0, 0.1) is 13.8 Å². The van der Waals surface area contributed by atoms with E-state index >= 15 is 0 Å². The van der Waals surface area contributed by atoms with Gasteiger partial charge in [-0.25, -0.2) is 4.98 Å². The van der Waals surface area contributed by atoms with Crippen LogP contribution in [0.25, 0.3) is 21.7 Å². The lowest BCUT2D eigenvalue weighted by molar-refractivity contribution is 1.11. The Balaban J connectivity index is 2.13. The first-order valence-electron chi connectivity index (χ1n) is 5.93. The van der Waals surface area contributed by atoms with Crippen LogP contribution in [0.1, 0.15) is 16.0 Å². The molecule has 3 aromatic rings. The number of rotatable bonds is 2. The molecule has 0 unspecified atom stereocenters. The summed E-state index contributed by atoms with van der Waals surface area (Å²) in [4.78, 5) is 10.3. The first kappa shape index (κ1) is 11.4. The summed E-state index contributed by atoms with van der Waals surface area (Å²) < 4.78 is 0. The Kier molecular flexibility index (Phi) is 2.69. The molecule has 2 aromatic heterocycles. The average molecular weight is 257 g/mol. The number of aromatic amines is 1. The van der Waals surface area contributed by atoms with E-state index < -0.39 is 0 Å². The Labute approximate surface area is 110 Å². The van der Waals surface area contributed by atoms with Gasteiger partial charge in [-0.3, -0.25) is 0 Å². The van der Waals surface area contributed by atoms with Gasteiger partial charge in [0.15, 0.2) is 0 Å². The average Bonchev–Trinajstić information content (AvgIpc) is 2.95. The quantitative estimate of drug-likeness (QED) is 0.739. The summed E-state index contributed by atoms with van der Waals surface area (Å²) in [6.07, 6.45) is 0. The van der Waals surface area contributed by atoms with Crippen LogP contribution in [-0.4, -0.2) is 9.97 Å². The number of aryl methyl sites for hydroxylation is 2. The maximum atomic E-state index is 5.64. The van der Waals surface area contributed by atoms with Gasteiger partial charge in [0.1, 0.15) is 5.82 Å². The van der Waals surface area contributed by atoms with Gasteiger partial charge in [0, 0.05) is 11.4 Å². The molecule has 0 atom stereocenters. The lowest BCUT2D eigenvalue weighted by Gasteiger charge is -1.97. The highest BCUT2D eigenvalue weighted by Gasteiger charge is 2.08. The third kappa shape index (κ3) is 1.83. The van der Waals surface area contributed by atoms with Crippen LogP contribution in [0.4, 0.5) is 0 Å². The number of aromatic nitrogens is 2. The number of nitrogens with zero attached hydrogens (tertiary/aromatic N) is 1. The number of fused-ring (bicyclic) bond motifs is 1. The Morgan fingerprint density at radius 3 is 2.72 bits per heavy atom. The molecule has 0 aliphatic heterocycles. The van der Waals surface area contributed by atoms with Crippen molar-refractivity contribution < 1.29 is 0 Å². The minimum Gasteiger partial charge on any atom is -0.337 e. The summed E-state index contributed by atoms with van der Waals surface area (Å²) in [5, 5.41) is 0. The summed E-state index contributed by atoms with van der Waals surface area (Å²) in [5.74, 6) is 0.930. The Morgan fingerprint density at radius 2 is 2.00 bits per heavy atom. The zero-order valence-electron chi connectivity index (χ0n) is 10.4. The fourth-order valence-corrected chi connectivity index (χ4v) is 2.83. The summed E-state index contributed by atoms with van der Waals surface area (Å²) in [6, 6.07) is 8.41. The maximum Gasteiger partial charge on any atom is 0.148 e. The van der Waals surface area contributed by atoms with Crippen molar-refractivity contribution in [3.8, 4) is 10.7 Å². The Morgan fingerprint density at radius 1 is 1.22 bits per heavy atom. The minimum absolute atomic E-state index is 0.586. The molecule has 0 saturated carbocycles. The normalized spacial score (nSPS) is 11.3. The maximum absolute atomic E-state index is 5.64. The number of thiophene rings is 1. The van der Waals surface area contributed by atoms with Gasteiger partial charge in [0.2, 0.25) is 0 Å². The van der Waals surface area contributed by atoms with Crippen molar-refractivity contribution in [2.75, 3.05) is 0 Å². The smallest absolute Gasteiger partial charge is 0.148 e. The predicted molar refractivity (Wildman–Crippen MR) is 76.8 cm³/mol. The van der Waals surface area contributed by atoms with Gasteiger partial charge in [-0.2, -0.15) is 0 Å². The Bertz CT molecular complexity index is 670. The number of hydrogen-bond acceptors (Lipinski definition) is 3. The van der Waals surface area contributed by atoms with E-state index in [0.717, 1.165) is 21.7 Å². The van der Waals surface area contributed by atoms with Gasteiger partial charge in [-0.1, -0.05) is 0 Å². The molecule has 1 aromatic carbocycles. The monoisotopic (exact) mass is 257 g/mol. The highest BCUT2D eigenvalue weighted by atomic mass is 32.1. The molecule has 2 heterocycles. The summed E-state index contributed by atoms with van der Waals surface area (Å²) in [7, 11) is 0. The second-order valence-corrected chi connectivity index (χ2v) is 5.68. The molecule has 0 aliphatic rings. The molecule has 18 heavy (non-hydrogen) atoms. The fraction of sp³-hybridized carbons (Fsp3) is 0.214. The lowest BCUT2D eigenvalue weighted by atomic mass is 10.1. The highest BCUT2D eigenvalue weighted by molar-refractivity contribution is 7.15. The third-order valence-electron chi connectivity index (χ3n) is 3.19. The molecule has 3 nitrogen and oxygen atoms in total. The number of H-pyrrole nitrogens is 1. The zero-order chi connectivity index (χ0) is 12.7. The number of nitrogens with two attached hydrogens (primary N) is 1. The Hall–Kier alpha value is -1.65. The van der Waals surface area contributed by atoms with Gasteiger partial charge in [-0.05, 0) is 49.2 Å². The third-order valence-corrected chi connectivity index (χ3v) is 4.31. The van der Waals surface area contributed by atoms with Gasteiger partial charge in [-0.15, -0.1) is 11.3 Å². The summed E-state index contributed by atoms with van der Waals surface area (Å²) >= 11 is 1.69. The number of nitrogens with one attached hydrogen (secondary N) is 1. The molecule has 3 rings (SSSR count). The van der Waals surface area contributed by atoms with Gasteiger partial charge in [0.05, 0.1) is 15.9 Å². The second kappa shape index (κ2) is 4.23. The van der Waals surface area contributed by atoms with Gasteiger partial charge >= 0.3 is 0 Å². The van der Waals surface area contributed by atoms with E-state index in [4.69, 9.17) is 5.73 Å². The summed E-state index contributed by atoms with van der Waals surface area (Å²) in [6.45, 7) is 4.82. The summed E-state index contributed by atoms with van der Waals surface area (Å²) in [5.41, 5.74) is 10.3. The van der Waals surface area contributed by atoms with Crippen LogP contribution in [0.5, 0.6) is 0 Å². The number of hydrogen-bond donors (Lipinski definition) is 2. The zero-order valence-corrected chi connectivity index (χ0v) is 11.3. The van der Waals surface area contributed by atoms with Crippen LogP contribution in [0.2, 0.25) is 0 Å². The van der Waals surface area contributed by atoms with Gasteiger partial charge < -0.3 is 10.7 Å². The van der Waals surface area contributed by atoms with E-state index in [1.54, 1.807) is 11.3 Å². The van der Waals surface area contributed by atoms with E-state index in [2.05, 4.69) is 48.1 Å². The van der Waals surface area contributed by atoms with E-state index in [1.165, 1.54) is 16.0 Å². The molecular formula is C14H15N3S. The van der Waals surface area contributed by atoms with Crippen molar-refractivity contribution in [1.29, 1.82) is 0 Å². The van der Waals surface area contributed by atoms with E-state index in [0.29, 0.717) is 6.54 Å². The molecular weight excluding hydrogens is 242 g/mol. The van der Waals surface area contributed by atoms with Crippen molar-refractivity contribution in [2.24, 2.45) is 5.73 Å². The van der Waals surface area contributed by atoms with E-state index in [-0.39, 0.29) is 0 Å². The molecule has 4 heteroatoms. The molecule has 0 spiro atoms. The highest BCUT2D eigenvalue weighted by Crippen LogP contribution is 2.28. The van der Waals surface area contributed by atoms with Crippen molar-refractivity contribution in [2.45, 2.75) is 20.4 Å². The largest absolute Gasteiger partial charge is 0.337 e. The van der Waals surface area contributed by atoms with Crippen LogP contribution >= 0.6 is 11.3 Å². The van der Waals surface area contributed by atoms with E-state index in [9.17, 15) is 0 Å². The van der Waals surface area contributed by atoms with Crippen molar-refractivity contribution >= 4 is 22.4 Å². The van der Waals surface area contributed by atoms with E-state index in [1.807, 2.05) is 0 Å². The topological polar surface area (TPSA) is 54.7 Å².